The molecule has 0 aromatic heterocycles. The van der Waals surface area contributed by atoms with E-state index in [0.717, 1.165) is 11.5 Å². The Balaban J connectivity index is 3.54. The molecule has 0 aliphatic heterocycles. The van der Waals surface area contributed by atoms with Crippen molar-refractivity contribution in [2.45, 2.75) is 52.7 Å². The average Bonchev–Trinajstić information content (AvgIpc) is 2.11. The molecule has 0 aromatic rings. The Morgan fingerprint density at radius 3 is 2.56 bits per heavy atom. The number of hydrogen-bond acceptors (Lipinski definition) is 4. The predicted molar refractivity (Wildman–Crippen MR) is 70.9 cm³/mol. The van der Waals surface area contributed by atoms with Crippen LogP contribution in [0.2, 0.25) is 0 Å². The second-order valence-corrected chi connectivity index (χ2v) is 6.17. The van der Waals surface area contributed by atoms with Gasteiger partial charge in [-0.05, 0) is 33.4 Å². The van der Waals surface area contributed by atoms with Crippen molar-refractivity contribution in [1.29, 1.82) is 0 Å². The largest absolute Gasteiger partial charge is 0.460 e. The van der Waals surface area contributed by atoms with Crippen LogP contribution in [0.4, 0.5) is 0 Å². The first kappa shape index (κ1) is 15.8. The van der Waals surface area contributed by atoms with Gasteiger partial charge in [-0.2, -0.15) is 11.8 Å². The number of nitrogens with one attached hydrogen (secondary N) is 1. The predicted octanol–water partition coefficient (Wildman–Crippen LogP) is 2.45. The van der Waals surface area contributed by atoms with Crippen LogP contribution < -0.4 is 5.32 Å². The van der Waals surface area contributed by atoms with Crippen LogP contribution in [0.3, 0.4) is 0 Å². The number of esters is 1. The highest BCUT2D eigenvalue weighted by molar-refractivity contribution is 7.99. The molecule has 96 valence electrons. The standard InChI is InChI=1S/C12H25NO2S/c1-6-16-9-10(2)13-8-7-11(14)15-12(3,4)5/h10,13H,6-9H2,1-5H3. The first-order valence-electron chi connectivity index (χ1n) is 5.88. The van der Waals surface area contributed by atoms with Crippen molar-refractivity contribution in [2.24, 2.45) is 0 Å². The van der Waals surface area contributed by atoms with Gasteiger partial charge in [0.2, 0.25) is 0 Å². The summed E-state index contributed by atoms with van der Waals surface area (Å²) in [5.74, 6) is 2.10. The summed E-state index contributed by atoms with van der Waals surface area (Å²) in [5, 5.41) is 3.31. The molecule has 0 radical (unpaired) electrons. The van der Waals surface area contributed by atoms with Gasteiger partial charge in [0.05, 0.1) is 6.42 Å². The molecule has 1 N–H and O–H groups in total. The lowest BCUT2D eigenvalue weighted by atomic mass is 10.2. The van der Waals surface area contributed by atoms with Gasteiger partial charge in [0, 0.05) is 18.3 Å². The van der Waals surface area contributed by atoms with E-state index < -0.39 is 0 Å². The van der Waals surface area contributed by atoms with Crippen molar-refractivity contribution in [2.75, 3.05) is 18.1 Å². The van der Waals surface area contributed by atoms with E-state index in [0.29, 0.717) is 19.0 Å². The van der Waals surface area contributed by atoms with Crippen LogP contribution in [-0.4, -0.2) is 35.7 Å². The molecule has 0 rings (SSSR count). The molecule has 0 spiro atoms. The smallest absolute Gasteiger partial charge is 0.307 e. The van der Waals surface area contributed by atoms with Gasteiger partial charge in [0.1, 0.15) is 5.60 Å². The van der Waals surface area contributed by atoms with Gasteiger partial charge in [0.25, 0.3) is 0 Å². The van der Waals surface area contributed by atoms with Gasteiger partial charge < -0.3 is 10.1 Å². The van der Waals surface area contributed by atoms with Crippen LogP contribution >= 0.6 is 11.8 Å². The highest BCUT2D eigenvalue weighted by Gasteiger charge is 2.15. The van der Waals surface area contributed by atoms with Crippen LogP contribution in [0.1, 0.15) is 41.0 Å². The van der Waals surface area contributed by atoms with Crippen molar-refractivity contribution in [1.82, 2.24) is 5.32 Å². The molecule has 0 amide bonds. The average molecular weight is 247 g/mol. The van der Waals surface area contributed by atoms with E-state index in [9.17, 15) is 4.79 Å². The van der Waals surface area contributed by atoms with E-state index in [4.69, 9.17) is 4.74 Å². The Morgan fingerprint density at radius 2 is 2.06 bits per heavy atom. The molecule has 0 heterocycles. The second-order valence-electron chi connectivity index (χ2n) is 4.85. The first-order chi connectivity index (χ1) is 7.35. The summed E-state index contributed by atoms with van der Waals surface area (Å²) in [7, 11) is 0. The van der Waals surface area contributed by atoms with Gasteiger partial charge in [-0.15, -0.1) is 0 Å². The van der Waals surface area contributed by atoms with Crippen molar-refractivity contribution in [3.63, 3.8) is 0 Å². The molecule has 1 atom stereocenters. The van der Waals surface area contributed by atoms with Crippen LogP contribution in [-0.2, 0) is 9.53 Å². The van der Waals surface area contributed by atoms with E-state index in [1.165, 1.54) is 0 Å². The Hall–Kier alpha value is -0.220. The van der Waals surface area contributed by atoms with Gasteiger partial charge in [-0.1, -0.05) is 6.92 Å². The molecular formula is C12H25NO2S. The Labute approximate surface area is 104 Å². The van der Waals surface area contributed by atoms with Gasteiger partial charge in [0.15, 0.2) is 0 Å². The van der Waals surface area contributed by atoms with Gasteiger partial charge in [-0.25, -0.2) is 0 Å². The van der Waals surface area contributed by atoms with Crippen LogP contribution in [0.5, 0.6) is 0 Å². The normalized spacial score (nSPS) is 13.6. The van der Waals surface area contributed by atoms with Crippen molar-refractivity contribution in [3.05, 3.63) is 0 Å². The van der Waals surface area contributed by atoms with Crippen LogP contribution in [0, 0.1) is 0 Å². The maximum Gasteiger partial charge on any atom is 0.307 e. The van der Waals surface area contributed by atoms with Crippen LogP contribution in [0.15, 0.2) is 0 Å². The third kappa shape index (κ3) is 10.3. The van der Waals surface area contributed by atoms with Gasteiger partial charge >= 0.3 is 5.97 Å². The summed E-state index contributed by atoms with van der Waals surface area (Å²) in [5.41, 5.74) is -0.374. The summed E-state index contributed by atoms with van der Waals surface area (Å²) >= 11 is 1.91. The minimum absolute atomic E-state index is 0.129. The highest BCUT2D eigenvalue weighted by atomic mass is 32.2. The highest BCUT2D eigenvalue weighted by Crippen LogP contribution is 2.08. The number of hydrogen-bond donors (Lipinski definition) is 1. The number of carbonyl (C=O) groups excluding carboxylic acids is 1. The zero-order valence-electron chi connectivity index (χ0n) is 11.1. The molecule has 0 aliphatic rings. The minimum Gasteiger partial charge on any atom is -0.460 e. The summed E-state index contributed by atoms with van der Waals surface area (Å²) in [6.07, 6.45) is 0.443. The molecule has 0 aliphatic carbocycles. The molecule has 0 aromatic carbocycles. The third-order valence-corrected chi connectivity index (χ3v) is 2.96. The lowest BCUT2D eigenvalue weighted by Gasteiger charge is -2.20. The molecule has 0 bridgehead atoms. The SMILES string of the molecule is CCSCC(C)NCCC(=O)OC(C)(C)C. The zero-order valence-corrected chi connectivity index (χ0v) is 11.9. The molecule has 0 saturated heterocycles. The van der Waals surface area contributed by atoms with E-state index in [2.05, 4.69) is 19.2 Å². The van der Waals surface area contributed by atoms with Gasteiger partial charge in [-0.3, -0.25) is 4.79 Å². The fraction of sp³-hybridized carbons (Fsp3) is 0.917. The fourth-order valence-electron chi connectivity index (χ4n) is 1.17. The maximum absolute atomic E-state index is 11.4. The van der Waals surface area contributed by atoms with Crippen molar-refractivity contribution in [3.8, 4) is 0 Å². The summed E-state index contributed by atoms with van der Waals surface area (Å²) < 4.78 is 5.22. The van der Waals surface area contributed by atoms with E-state index in [1.54, 1.807) is 0 Å². The molecule has 0 fully saturated rings. The summed E-state index contributed by atoms with van der Waals surface area (Å²) in [4.78, 5) is 11.4. The monoisotopic (exact) mass is 247 g/mol. The number of ether oxygens (including phenoxy) is 1. The van der Waals surface area contributed by atoms with E-state index in [1.807, 2.05) is 32.5 Å². The van der Waals surface area contributed by atoms with E-state index in [-0.39, 0.29) is 11.6 Å². The number of thioether (sulfide) groups is 1. The van der Waals surface area contributed by atoms with Crippen molar-refractivity contribution < 1.29 is 9.53 Å². The molecule has 16 heavy (non-hydrogen) atoms. The Kier molecular flexibility index (Phi) is 7.85. The maximum atomic E-state index is 11.4. The molecule has 0 saturated carbocycles. The Bertz CT molecular complexity index is 202. The van der Waals surface area contributed by atoms with Crippen molar-refractivity contribution >= 4 is 17.7 Å². The summed E-state index contributed by atoms with van der Waals surface area (Å²) in [6, 6.07) is 0.451. The lowest BCUT2D eigenvalue weighted by Crippen LogP contribution is -2.32. The zero-order chi connectivity index (χ0) is 12.6. The minimum atomic E-state index is -0.374. The number of carbonyl (C=O) groups is 1. The quantitative estimate of drug-likeness (QED) is 0.701. The van der Waals surface area contributed by atoms with Crippen LogP contribution in [0.25, 0.3) is 0 Å². The fourth-order valence-corrected chi connectivity index (χ4v) is 1.87. The third-order valence-electron chi connectivity index (χ3n) is 1.81. The second kappa shape index (κ2) is 7.96. The van der Waals surface area contributed by atoms with E-state index >= 15 is 0 Å². The summed E-state index contributed by atoms with van der Waals surface area (Å²) in [6.45, 7) is 10.6. The molecular weight excluding hydrogens is 222 g/mol. The Morgan fingerprint density at radius 1 is 1.44 bits per heavy atom. The molecule has 4 heteroatoms. The lowest BCUT2D eigenvalue weighted by molar-refractivity contribution is -0.154. The molecule has 3 nitrogen and oxygen atoms in total. The first-order valence-corrected chi connectivity index (χ1v) is 7.03. The topological polar surface area (TPSA) is 38.3 Å². The number of rotatable bonds is 7. The molecule has 1 unspecified atom stereocenters.